The lowest BCUT2D eigenvalue weighted by Crippen LogP contribution is -1.91. The van der Waals surface area contributed by atoms with E-state index in [1.165, 1.54) is 77.0 Å². The minimum Gasteiger partial charge on any atom is -0.103 e. The quantitative estimate of drug-likeness (QED) is 0.222. The van der Waals surface area contributed by atoms with Crippen LogP contribution in [0.5, 0.6) is 0 Å². The molecule has 30 heavy (non-hydrogen) atoms. The van der Waals surface area contributed by atoms with Gasteiger partial charge in [0.2, 0.25) is 0 Å². The summed E-state index contributed by atoms with van der Waals surface area (Å²) in [5, 5.41) is 0. The Morgan fingerprint density at radius 3 is 1.67 bits per heavy atom. The minimum atomic E-state index is 0.611. The third kappa shape index (κ3) is 12.9. The second-order valence-electron chi connectivity index (χ2n) is 8.93. The van der Waals surface area contributed by atoms with E-state index in [4.69, 9.17) is 0 Å². The molecular formula is C30H48. The van der Waals surface area contributed by atoms with Gasteiger partial charge in [0.1, 0.15) is 0 Å². The van der Waals surface area contributed by atoms with Crippen LogP contribution in [0.4, 0.5) is 0 Å². The van der Waals surface area contributed by atoms with Crippen molar-refractivity contribution in [2.45, 2.75) is 90.9 Å². The third-order valence-corrected chi connectivity index (χ3v) is 6.08. The molecule has 0 heterocycles. The summed E-state index contributed by atoms with van der Waals surface area (Å²) in [6.45, 7) is 12.0. The number of rotatable bonds is 12. The molecule has 0 spiro atoms. The Morgan fingerprint density at radius 1 is 0.667 bits per heavy atom. The molecular weight excluding hydrogens is 360 g/mol. The first-order valence-corrected chi connectivity index (χ1v) is 12.7. The molecule has 0 amide bonds. The molecule has 0 N–H and O–H groups in total. The van der Waals surface area contributed by atoms with E-state index in [1.54, 1.807) is 0 Å². The lowest BCUT2D eigenvalue weighted by molar-refractivity contribution is 0.661. The van der Waals surface area contributed by atoms with Crippen LogP contribution in [0.25, 0.3) is 0 Å². The normalized spacial score (nSPS) is 25.1. The van der Waals surface area contributed by atoms with Crippen molar-refractivity contribution in [2.24, 2.45) is 23.7 Å². The van der Waals surface area contributed by atoms with Gasteiger partial charge in [0.15, 0.2) is 0 Å². The Balaban J connectivity index is 0.000000250. The van der Waals surface area contributed by atoms with Crippen LogP contribution >= 0.6 is 0 Å². The van der Waals surface area contributed by atoms with Crippen LogP contribution < -0.4 is 0 Å². The first-order chi connectivity index (χ1) is 14.7. The summed E-state index contributed by atoms with van der Waals surface area (Å²) < 4.78 is 0. The number of hydrogen-bond acceptors (Lipinski definition) is 0. The van der Waals surface area contributed by atoms with E-state index in [-0.39, 0.29) is 0 Å². The highest BCUT2D eigenvalue weighted by Crippen LogP contribution is 2.31. The van der Waals surface area contributed by atoms with E-state index >= 15 is 0 Å². The molecule has 0 aromatic rings. The zero-order chi connectivity index (χ0) is 21.9. The lowest BCUT2D eigenvalue weighted by Gasteiger charge is -2.03. The van der Waals surface area contributed by atoms with Crippen molar-refractivity contribution in [3.63, 3.8) is 0 Å². The van der Waals surface area contributed by atoms with Crippen LogP contribution in [0.2, 0.25) is 0 Å². The van der Waals surface area contributed by atoms with Gasteiger partial charge in [-0.2, -0.15) is 0 Å². The first-order valence-electron chi connectivity index (χ1n) is 12.7. The van der Waals surface area contributed by atoms with Crippen molar-refractivity contribution in [3.05, 3.63) is 73.9 Å². The standard InChI is InChI=1S/C15H24.C8H16.C7H8/c1-3-5-6-7-8-9-10-15-12-11-14(4-2)13-15;1-3-5-7-8-6-4-2;1-2-7-4-3-6(1)5-7/h4,9-12,14-15H,2-3,5-8,13H2,1H3;3H,1,4-8H2,2H3;1-4,6-7H,5H2/b10-9+;;. The molecule has 0 aromatic heterocycles. The van der Waals surface area contributed by atoms with E-state index in [0.717, 1.165) is 11.8 Å². The van der Waals surface area contributed by atoms with E-state index in [2.05, 4.69) is 75.6 Å². The van der Waals surface area contributed by atoms with E-state index in [0.29, 0.717) is 11.8 Å². The number of unbranched alkanes of at least 4 members (excludes halogenated alkanes) is 8. The summed E-state index contributed by atoms with van der Waals surface area (Å²) in [4.78, 5) is 0. The summed E-state index contributed by atoms with van der Waals surface area (Å²) in [5.41, 5.74) is 0. The molecule has 2 atom stereocenters. The minimum absolute atomic E-state index is 0.611. The summed E-state index contributed by atoms with van der Waals surface area (Å²) in [7, 11) is 0. The maximum absolute atomic E-state index is 3.83. The molecule has 0 fully saturated rings. The molecule has 0 aliphatic heterocycles. The van der Waals surface area contributed by atoms with Gasteiger partial charge in [0.05, 0.1) is 0 Å². The van der Waals surface area contributed by atoms with Crippen molar-refractivity contribution >= 4 is 0 Å². The summed E-state index contributed by atoms with van der Waals surface area (Å²) >= 11 is 0. The highest BCUT2D eigenvalue weighted by molar-refractivity contribution is 5.21. The molecule has 2 bridgehead atoms. The van der Waals surface area contributed by atoms with Gasteiger partial charge < -0.3 is 0 Å². The molecule has 0 nitrogen and oxygen atoms in total. The highest BCUT2D eigenvalue weighted by Gasteiger charge is 2.19. The number of hydrogen-bond donors (Lipinski definition) is 0. The predicted octanol–water partition coefficient (Wildman–Crippen LogP) is 9.78. The zero-order valence-corrected chi connectivity index (χ0v) is 20.0. The van der Waals surface area contributed by atoms with Crippen LogP contribution in [0, 0.1) is 23.7 Å². The highest BCUT2D eigenvalue weighted by atomic mass is 14.2. The van der Waals surface area contributed by atoms with E-state index < -0.39 is 0 Å². The average Bonchev–Trinajstić information content (AvgIpc) is 3.53. The molecule has 3 aliphatic carbocycles. The Kier molecular flexibility index (Phi) is 16.1. The topological polar surface area (TPSA) is 0 Å². The fraction of sp³-hybridized carbons (Fsp3) is 0.600. The Hall–Kier alpha value is -1.56. The largest absolute Gasteiger partial charge is 0.103 e. The maximum atomic E-state index is 3.83. The SMILES string of the molecule is C1=CC2C=CC1C2.C=CC1C=CC(/C=C/CCCCCC)C1.C=CCCCCCC. The summed E-state index contributed by atoms with van der Waals surface area (Å²) in [5.74, 6) is 2.90. The van der Waals surface area contributed by atoms with Gasteiger partial charge in [-0.15, -0.1) is 13.2 Å². The van der Waals surface area contributed by atoms with Gasteiger partial charge in [-0.05, 0) is 62.2 Å². The van der Waals surface area contributed by atoms with E-state index in [1.807, 2.05) is 12.2 Å². The van der Waals surface area contributed by atoms with Gasteiger partial charge in [-0.1, -0.05) is 113 Å². The van der Waals surface area contributed by atoms with Gasteiger partial charge in [0.25, 0.3) is 0 Å². The maximum Gasteiger partial charge on any atom is -0.00445 e. The molecule has 0 saturated heterocycles. The molecule has 2 unspecified atom stereocenters. The Labute approximate surface area is 188 Å². The molecule has 3 rings (SSSR count). The van der Waals surface area contributed by atoms with Crippen molar-refractivity contribution in [1.82, 2.24) is 0 Å². The Morgan fingerprint density at radius 2 is 1.23 bits per heavy atom. The van der Waals surface area contributed by atoms with Crippen LogP contribution in [-0.4, -0.2) is 0 Å². The van der Waals surface area contributed by atoms with Crippen molar-refractivity contribution in [1.29, 1.82) is 0 Å². The zero-order valence-electron chi connectivity index (χ0n) is 20.0. The van der Waals surface area contributed by atoms with Crippen molar-refractivity contribution in [2.75, 3.05) is 0 Å². The Bertz CT molecular complexity index is 516. The molecule has 3 aliphatic rings. The van der Waals surface area contributed by atoms with Crippen molar-refractivity contribution in [3.8, 4) is 0 Å². The van der Waals surface area contributed by atoms with Crippen LogP contribution in [-0.2, 0) is 0 Å². The second-order valence-corrected chi connectivity index (χ2v) is 8.93. The lowest BCUT2D eigenvalue weighted by atomic mass is 10.0. The van der Waals surface area contributed by atoms with Gasteiger partial charge in [0, 0.05) is 0 Å². The smallest absolute Gasteiger partial charge is 0.00445 e. The number of fused-ring (bicyclic) bond motifs is 2. The van der Waals surface area contributed by atoms with Gasteiger partial charge in [-0.25, -0.2) is 0 Å². The van der Waals surface area contributed by atoms with Gasteiger partial charge in [-0.3, -0.25) is 0 Å². The molecule has 0 saturated carbocycles. The fourth-order valence-corrected chi connectivity index (χ4v) is 4.08. The van der Waals surface area contributed by atoms with Crippen LogP contribution in [0.15, 0.2) is 73.9 Å². The molecule has 0 heteroatoms. The number of allylic oxidation sites excluding steroid dienone is 10. The first kappa shape index (κ1) is 26.5. The second kappa shape index (κ2) is 18.2. The van der Waals surface area contributed by atoms with E-state index in [9.17, 15) is 0 Å². The van der Waals surface area contributed by atoms with Crippen LogP contribution in [0.1, 0.15) is 90.9 Å². The average molecular weight is 409 g/mol. The molecule has 168 valence electrons. The molecule has 0 aromatic carbocycles. The van der Waals surface area contributed by atoms with Crippen LogP contribution in [0.3, 0.4) is 0 Å². The monoisotopic (exact) mass is 408 g/mol. The predicted molar refractivity (Wildman–Crippen MR) is 138 cm³/mol. The molecule has 0 radical (unpaired) electrons. The fourth-order valence-electron chi connectivity index (χ4n) is 4.08. The summed E-state index contributed by atoms with van der Waals surface area (Å²) in [6, 6.07) is 0. The van der Waals surface area contributed by atoms with Gasteiger partial charge >= 0.3 is 0 Å². The van der Waals surface area contributed by atoms with Crippen molar-refractivity contribution < 1.29 is 0 Å². The third-order valence-electron chi connectivity index (χ3n) is 6.08. The summed E-state index contributed by atoms with van der Waals surface area (Å²) in [6.07, 6.45) is 38.5.